The summed E-state index contributed by atoms with van der Waals surface area (Å²) in [6, 6.07) is 15.5. The highest BCUT2D eigenvalue weighted by atomic mass is 35.5. The molecule has 0 radical (unpaired) electrons. The van der Waals surface area contributed by atoms with E-state index in [2.05, 4.69) is 17.0 Å². The first-order valence-corrected chi connectivity index (χ1v) is 9.42. The zero-order valence-electron chi connectivity index (χ0n) is 15.0. The molecule has 27 heavy (non-hydrogen) atoms. The third-order valence-corrected chi connectivity index (χ3v) is 5.11. The van der Waals surface area contributed by atoms with E-state index in [-0.39, 0.29) is 11.8 Å². The molecule has 5 heteroatoms. The van der Waals surface area contributed by atoms with E-state index in [1.807, 2.05) is 12.1 Å². The Morgan fingerprint density at radius 1 is 1.11 bits per heavy atom. The number of likely N-dealkylation sites (tertiary alicyclic amines) is 1. The van der Waals surface area contributed by atoms with E-state index >= 15 is 0 Å². The van der Waals surface area contributed by atoms with Crippen LogP contribution in [0, 0.1) is 0 Å². The van der Waals surface area contributed by atoms with Gasteiger partial charge in [-0.2, -0.15) is 0 Å². The van der Waals surface area contributed by atoms with Crippen LogP contribution in [0.15, 0.2) is 60.7 Å². The second-order valence-corrected chi connectivity index (χ2v) is 7.18. The molecule has 0 saturated carbocycles. The van der Waals surface area contributed by atoms with Crippen LogP contribution in [0.25, 0.3) is 0 Å². The van der Waals surface area contributed by atoms with Gasteiger partial charge in [0.1, 0.15) is 0 Å². The number of carbonyl (C=O) groups is 2. The quantitative estimate of drug-likeness (QED) is 0.563. The molecule has 140 valence electrons. The van der Waals surface area contributed by atoms with Gasteiger partial charge in [-0.1, -0.05) is 41.9 Å². The highest BCUT2D eigenvalue weighted by Crippen LogP contribution is 2.32. The molecule has 0 aromatic heterocycles. The molecule has 1 atom stereocenters. The van der Waals surface area contributed by atoms with Crippen LogP contribution in [0.4, 0.5) is 0 Å². The second-order valence-electron chi connectivity index (χ2n) is 6.74. The van der Waals surface area contributed by atoms with Gasteiger partial charge in [0.25, 0.3) is 0 Å². The monoisotopic (exact) mass is 383 g/mol. The molecule has 3 rings (SSSR count). The molecule has 0 aliphatic carbocycles. The van der Waals surface area contributed by atoms with Crippen molar-refractivity contribution >= 4 is 23.4 Å². The number of benzene rings is 2. The third-order valence-electron chi connectivity index (χ3n) is 4.86. The molecular weight excluding hydrogens is 362 g/mol. The maximum absolute atomic E-state index is 12.6. The summed E-state index contributed by atoms with van der Waals surface area (Å²) in [7, 11) is 0. The molecule has 1 saturated heterocycles. The number of nitrogens with zero attached hydrogens (tertiary/aromatic N) is 1. The predicted octanol–water partition coefficient (Wildman–Crippen LogP) is 4.54. The number of hydrogen-bond acceptors (Lipinski definition) is 3. The van der Waals surface area contributed by atoms with E-state index in [0.717, 1.165) is 31.0 Å². The summed E-state index contributed by atoms with van der Waals surface area (Å²) in [5, 5.41) is 9.28. The smallest absolute Gasteiger partial charge is 0.327 e. The van der Waals surface area contributed by atoms with Gasteiger partial charge in [0.2, 0.25) is 0 Å². The normalized spacial score (nSPS) is 17.4. The number of Topliss-reactive ketones (excluding diaryl/α,β-unsaturated/α-hetero) is 1. The van der Waals surface area contributed by atoms with Gasteiger partial charge >= 0.3 is 5.97 Å². The zero-order chi connectivity index (χ0) is 19.2. The van der Waals surface area contributed by atoms with E-state index in [9.17, 15) is 9.59 Å². The minimum absolute atomic E-state index is 0.106. The minimum Gasteiger partial charge on any atom is -0.478 e. The molecule has 1 fully saturated rings. The first-order chi connectivity index (χ1) is 13.0. The molecule has 1 heterocycles. The molecule has 0 unspecified atom stereocenters. The third kappa shape index (κ3) is 5.28. The molecule has 0 spiro atoms. The lowest BCUT2D eigenvalue weighted by molar-refractivity contribution is -0.131. The van der Waals surface area contributed by atoms with Gasteiger partial charge in [0, 0.05) is 22.7 Å². The van der Waals surface area contributed by atoms with Crippen molar-refractivity contribution < 1.29 is 14.7 Å². The summed E-state index contributed by atoms with van der Waals surface area (Å²) < 4.78 is 0. The Hall–Kier alpha value is -2.43. The Bertz CT molecular complexity index is 828. The molecule has 1 aliphatic heterocycles. The number of ketones is 1. The van der Waals surface area contributed by atoms with Crippen LogP contribution in [0.3, 0.4) is 0 Å². The van der Waals surface area contributed by atoms with E-state index < -0.39 is 5.97 Å². The van der Waals surface area contributed by atoms with Gasteiger partial charge in [0.15, 0.2) is 5.78 Å². The average molecular weight is 384 g/mol. The fraction of sp³-hybridized carbons (Fsp3) is 0.273. The maximum atomic E-state index is 12.6. The Balaban J connectivity index is 1.64. The summed E-state index contributed by atoms with van der Waals surface area (Å²) in [6.45, 7) is 1.31. The van der Waals surface area contributed by atoms with Crippen molar-refractivity contribution in [1.29, 1.82) is 0 Å². The van der Waals surface area contributed by atoms with Crippen molar-refractivity contribution in [3.8, 4) is 0 Å². The summed E-state index contributed by atoms with van der Waals surface area (Å²) in [5.74, 6) is -0.826. The highest BCUT2D eigenvalue weighted by molar-refractivity contribution is 6.30. The molecule has 2 aromatic carbocycles. The Kier molecular flexibility index (Phi) is 6.43. The summed E-state index contributed by atoms with van der Waals surface area (Å²) >= 11 is 5.89. The van der Waals surface area contributed by atoms with Crippen LogP contribution in [0.5, 0.6) is 0 Å². The molecule has 0 bridgehead atoms. The first kappa shape index (κ1) is 19.3. The lowest BCUT2D eigenvalue weighted by Gasteiger charge is -2.24. The molecule has 4 nitrogen and oxygen atoms in total. The van der Waals surface area contributed by atoms with Crippen LogP contribution in [0.2, 0.25) is 5.02 Å². The SMILES string of the molecule is O=C(O)/C=C/Cc1ccc([C@@H]2CCCN2CC(=O)c2ccc(Cl)cc2)cc1. The number of carboxylic acid groups (broad SMARTS) is 1. The predicted molar refractivity (Wildman–Crippen MR) is 106 cm³/mol. The van der Waals surface area contributed by atoms with Crippen LogP contribution < -0.4 is 0 Å². The summed E-state index contributed by atoms with van der Waals surface area (Å²) in [6.07, 6.45) is 5.50. The standard InChI is InChI=1S/C22H22ClNO3/c23-19-12-10-18(11-13-19)21(25)15-24-14-2-4-20(24)17-8-6-16(7-9-17)3-1-5-22(26)27/h1,5-13,20H,2-4,14-15H2,(H,26,27)/b5-1+/t20-/m0/s1. The van der Waals surface area contributed by atoms with E-state index in [1.165, 1.54) is 5.56 Å². The van der Waals surface area contributed by atoms with Crippen molar-refractivity contribution in [2.75, 3.05) is 13.1 Å². The van der Waals surface area contributed by atoms with Gasteiger partial charge in [-0.25, -0.2) is 4.79 Å². The van der Waals surface area contributed by atoms with Crippen molar-refractivity contribution in [2.45, 2.75) is 25.3 Å². The largest absolute Gasteiger partial charge is 0.478 e. The average Bonchev–Trinajstić information content (AvgIpc) is 3.10. The van der Waals surface area contributed by atoms with Gasteiger partial charge in [-0.05, 0) is 61.2 Å². The van der Waals surface area contributed by atoms with Crippen molar-refractivity contribution in [1.82, 2.24) is 4.90 Å². The van der Waals surface area contributed by atoms with Gasteiger partial charge < -0.3 is 5.11 Å². The fourth-order valence-corrected chi connectivity index (χ4v) is 3.60. The van der Waals surface area contributed by atoms with E-state index in [1.54, 1.807) is 30.3 Å². The minimum atomic E-state index is -0.932. The van der Waals surface area contributed by atoms with Crippen LogP contribution >= 0.6 is 11.6 Å². The number of carbonyl (C=O) groups excluding carboxylic acids is 1. The lowest BCUT2D eigenvalue weighted by atomic mass is 10.0. The van der Waals surface area contributed by atoms with Crippen LogP contribution in [0.1, 0.15) is 40.4 Å². The number of carboxylic acids is 1. The lowest BCUT2D eigenvalue weighted by Crippen LogP contribution is -2.29. The van der Waals surface area contributed by atoms with Crippen molar-refractivity contribution in [3.05, 3.63) is 82.4 Å². The van der Waals surface area contributed by atoms with Crippen molar-refractivity contribution in [2.24, 2.45) is 0 Å². The summed E-state index contributed by atoms with van der Waals surface area (Å²) in [5.41, 5.74) is 2.95. The molecular formula is C22H22ClNO3. The van der Waals surface area contributed by atoms with E-state index in [0.29, 0.717) is 23.6 Å². The van der Waals surface area contributed by atoms with Gasteiger partial charge in [-0.15, -0.1) is 0 Å². The number of hydrogen-bond donors (Lipinski definition) is 1. The van der Waals surface area contributed by atoms with Gasteiger partial charge in [0.05, 0.1) is 6.54 Å². The number of halogens is 1. The fourth-order valence-electron chi connectivity index (χ4n) is 3.48. The second kappa shape index (κ2) is 8.98. The van der Waals surface area contributed by atoms with Crippen molar-refractivity contribution in [3.63, 3.8) is 0 Å². The van der Waals surface area contributed by atoms with E-state index in [4.69, 9.17) is 16.7 Å². The molecule has 1 N–H and O–H groups in total. The van der Waals surface area contributed by atoms with Crippen LogP contribution in [-0.2, 0) is 11.2 Å². The molecule has 0 amide bonds. The Morgan fingerprint density at radius 3 is 2.48 bits per heavy atom. The number of allylic oxidation sites excluding steroid dienone is 1. The summed E-state index contributed by atoms with van der Waals surface area (Å²) in [4.78, 5) is 25.3. The number of aliphatic carboxylic acids is 1. The first-order valence-electron chi connectivity index (χ1n) is 9.04. The number of rotatable bonds is 7. The Morgan fingerprint density at radius 2 is 1.81 bits per heavy atom. The van der Waals surface area contributed by atoms with Crippen LogP contribution in [-0.4, -0.2) is 34.8 Å². The molecule has 1 aliphatic rings. The Labute approximate surface area is 164 Å². The highest BCUT2D eigenvalue weighted by Gasteiger charge is 2.27. The van der Waals surface area contributed by atoms with Gasteiger partial charge in [-0.3, -0.25) is 9.69 Å². The maximum Gasteiger partial charge on any atom is 0.327 e. The molecule has 2 aromatic rings. The topological polar surface area (TPSA) is 57.6 Å². The zero-order valence-corrected chi connectivity index (χ0v) is 15.7.